The number of aliphatic imine (C=N–C) groups is 2. The molecule has 0 bridgehead atoms. The molecule has 2 aromatic carbocycles. The summed E-state index contributed by atoms with van der Waals surface area (Å²) in [7, 11) is 0. The zero-order valence-corrected chi connectivity index (χ0v) is 20.7. The molecule has 4 nitrogen and oxygen atoms in total. The summed E-state index contributed by atoms with van der Waals surface area (Å²) >= 11 is 6.68. The quantitative estimate of drug-likeness (QED) is 0.273. The Morgan fingerprint density at radius 1 is 0.655 bits per heavy atom. The molecule has 0 saturated heterocycles. The van der Waals surface area contributed by atoms with Crippen LogP contribution in [0.25, 0.3) is 0 Å². The number of benzene rings is 2. The smallest absolute Gasteiger partial charge is 0.876 e. The van der Waals surface area contributed by atoms with E-state index in [9.17, 15) is 10.2 Å². The molecule has 0 atom stereocenters. The first-order chi connectivity index (χ1) is 13.2. The van der Waals surface area contributed by atoms with E-state index in [2.05, 4.69) is 41.8 Å². The maximum absolute atomic E-state index is 10.8. The van der Waals surface area contributed by atoms with Gasteiger partial charge in [-0.05, 0) is 62.4 Å². The summed E-state index contributed by atoms with van der Waals surface area (Å²) < 4.78 is 2.04. The van der Waals surface area contributed by atoms with E-state index in [0.717, 1.165) is 31.7 Å². The topological polar surface area (TPSA) is 70.8 Å². The zero-order valence-electron chi connectivity index (χ0n) is 16.5. The molecule has 0 aliphatic carbocycles. The third-order valence-corrected chi connectivity index (χ3v) is 4.15. The molecular formula is C22H22Br2CuN2O2. The first-order valence-electron chi connectivity index (χ1n) is 8.48. The summed E-state index contributed by atoms with van der Waals surface area (Å²) in [6.45, 7) is 6.65. The second-order valence-corrected chi connectivity index (χ2v) is 7.80. The van der Waals surface area contributed by atoms with Gasteiger partial charge in [0.05, 0.1) is 11.4 Å². The van der Waals surface area contributed by atoms with Crippen LogP contribution in [-0.2, 0) is 17.1 Å². The van der Waals surface area contributed by atoms with Gasteiger partial charge in [0.25, 0.3) is 0 Å². The molecule has 0 aliphatic heterocycles. The molecule has 0 aliphatic rings. The van der Waals surface area contributed by atoms with Crippen LogP contribution >= 0.6 is 31.9 Å². The van der Waals surface area contributed by atoms with Gasteiger partial charge in [-0.25, -0.2) is 0 Å². The van der Waals surface area contributed by atoms with Crippen molar-refractivity contribution < 1.29 is 27.3 Å². The van der Waals surface area contributed by atoms with E-state index < -0.39 is 0 Å². The Balaban J connectivity index is 0.000000523. The molecule has 0 heterocycles. The molecule has 0 spiro atoms. The van der Waals surface area contributed by atoms with Crippen molar-refractivity contribution in [2.24, 2.45) is 9.98 Å². The molecule has 7 heteroatoms. The Morgan fingerprint density at radius 2 is 0.931 bits per heavy atom. The van der Waals surface area contributed by atoms with Crippen LogP contribution in [0.5, 0.6) is 0 Å². The van der Waals surface area contributed by atoms with Gasteiger partial charge in [-0.1, -0.05) is 57.9 Å². The first kappa shape index (κ1) is 27.3. The average Bonchev–Trinajstić information content (AvgIpc) is 2.58. The number of rotatable bonds is 4. The molecule has 1 radical (unpaired) electrons. The molecule has 0 aromatic heterocycles. The van der Waals surface area contributed by atoms with Crippen LogP contribution in [0.15, 0.2) is 91.1 Å². The number of hydrogen-bond acceptors (Lipinski definition) is 4. The zero-order chi connectivity index (χ0) is 21.1. The fraction of sp³-hybridized carbons (Fsp3) is 0.182. The molecule has 0 amide bonds. The second kappa shape index (κ2) is 14.3. The Kier molecular flexibility index (Phi) is 13.5. The van der Waals surface area contributed by atoms with Gasteiger partial charge in [-0.3, -0.25) is 9.98 Å². The predicted molar refractivity (Wildman–Crippen MR) is 121 cm³/mol. The van der Waals surface area contributed by atoms with Crippen molar-refractivity contribution in [3.63, 3.8) is 0 Å². The van der Waals surface area contributed by atoms with Crippen molar-refractivity contribution in [1.82, 2.24) is 0 Å². The Hall–Kier alpha value is -1.66. The van der Waals surface area contributed by atoms with Gasteiger partial charge in [0.2, 0.25) is 0 Å². The molecule has 0 N–H and O–H groups in total. The van der Waals surface area contributed by atoms with E-state index in [1.165, 1.54) is 26.0 Å². The fourth-order valence-electron chi connectivity index (χ4n) is 2.09. The van der Waals surface area contributed by atoms with Crippen molar-refractivity contribution in [2.45, 2.75) is 27.7 Å². The fourth-order valence-corrected chi connectivity index (χ4v) is 2.62. The van der Waals surface area contributed by atoms with Gasteiger partial charge in [-0.15, -0.1) is 11.5 Å². The van der Waals surface area contributed by atoms with Crippen molar-refractivity contribution in [1.29, 1.82) is 0 Å². The van der Waals surface area contributed by atoms with Gasteiger partial charge in [0.15, 0.2) is 0 Å². The van der Waals surface area contributed by atoms with Crippen molar-refractivity contribution >= 4 is 54.7 Å². The Labute approximate surface area is 199 Å². The number of allylic oxidation sites excluding steroid dienone is 4. The minimum atomic E-state index is 0. The molecular weight excluding hydrogens is 548 g/mol. The monoisotopic (exact) mass is 567 g/mol. The van der Waals surface area contributed by atoms with Gasteiger partial charge in [0.1, 0.15) is 0 Å². The maximum atomic E-state index is 10.8. The molecule has 2 aromatic rings. The van der Waals surface area contributed by atoms with Crippen LogP contribution in [0, 0.1) is 0 Å². The minimum absolute atomic E-state index is 0. The standard InChI is InChI=1S/2C11H12BrNO.Cu/c2*1-8(7-9(2)14)13-11-5-3-10(12)4-6-11;/h2*3-7,14H,1-2H3;/q;;+2/p-2/b2*9-7-,13-8?;. The molecule has 157 valence electrons. The normalized spacial score (nSPS) is 12.6. The van der Waals surface area contributed by atoms with E-state index in [0.29, 0.717) is 0 Å². The summed E-state index contributed by atoms with van der Waals surface area (Å²) in [5.74, 6) is 0.0340. The van der Waals surface area contributed by atoms with Crippen molar-refractivity contribution in [2.75, 3.05) is 0 Å². The Morgan fingerprint density at radius 3 is 1.17 bits per heavy atom. The number of nitrogens with zero attached hydrogens (tertiary/aromatic N) is 2. The van der Waals surface area contributed by atoms with E-state index in [1.54, 1.807) is 0 Å². The van der Waals surface area contributed by atoms with Crippen LogP contribution in [0.4, 0.5) is 11.4 Å². The molecule has 0 saturated carbocycles. The van der Waals surface area contributed by atoms with Crippen LogP contribution in [0.1, 0.15) is 27.7 Å². The molecule has 2 rings (SSSR count). The molecule has 29 heavy (non-hydrogen) atoms. The summed E-state index contributed by atoms with van der Waals surface area (Å²) in [6, 6.07) is 15.2. The van der Waals surface area contributed by atoms with Crippen LogP contribution in [0.2, 0.25) is 0 Å². The predicted octanol–water partition coefficient (Wildman–Crippen LogP) is 5.61. The van der Waals surface area contributed by atoms with E-state index in [1.807, 2.05) is 62.4 Å². The average molecular weight is 570 g/mol. The van der Waals surface area contributed by atoms with E-state index in [-0.39, 0.29) is 28.6 Å². The molecule has 0 fully saturated rings. The minimum Gasteiger partial charge on any atom is -0.876 e. The van der Waals surface area contributed by atoms with Gasteiger partial charge >= 0.3 is 17.1 Å². The van der Waals surface area contributed by atoms with Crippen molar-refractivity contribution in [3.05, 3.63) is 81.1 Å². The Bertz CT molecular complexity index is 805. The summed E-state index contributed by atoms with van der Waals surface area (Å²) in [4.78, 5) is 8.52. The first-order valence-corrected chi connectivity index (χ1v) is 10.1. The molecule has 0 unspecified atom stereocenters. The van der Waals surface area contributed by atoms with Crippen LogP contribution in [-0.4, -0.2) is 11.4 Å². The third-order valence-electron chi connectivity index (χ3n) is 3.09. The van der Waals surface area contributed by atoms with Crippen LogP contribution in [0.3, 0.4) is 0 Å². The van der Waals surface area contributed by atoms with E-state index in [4.69, 9.17) is 0 Å². The van der Waals surface area contributed by atoms with Crippen molar-refractivity contribution in [3.8, 4) is 0 Å². The van der Waals surface area contributed by atoms with Gasteiger partial charge < -0.3 is 10.2 Å². The van der Waals surface area contributed by atoms with Gasteiger partial charge in [0, 0.05) is 20.4 Å². The number of halogens is 2. The number of hydrogen-bond donors (Lipinski definition) is 0. The second-order valence-electron chi connectivity index (χ2n) is 5.97. The van der Waals surface area contributed by atoms with E-state index >= 15 is 0 Å². The van der Waals surface area contributed by atoms with Crippen LogP contribution < -0.4 is 10.2 Å². The SMILES string of the molecule is CC(/C=C(/C)[O-])=Nc1ccc(Br)cc1.CC(/C=C(/C)[O-])=Nc1ccc(Br)cc1.[Cu+2]. The maximum Gasteiger partial charge on any atom is 2.00 e. The summed E-state index contributed by atoms with van der Waals surface area (Å²) in [5.41, 5.74) is 3.14. The largest absolute Gasteiger partial charge is 2.00 e. The summed E-state index contributed by atoms with van der Waals surface area (Å²) in [6.07, 6.45) is 3.03. The third kappa shape index (κ3) is 13.2. The summed E-state index contributed by atoms with van der Waals surface area (Å²) in [5, 5.41) is 21.5. The van der Waals surface area contributed by atoms with Gasteiger partial charge in [-0.2, -0.15) is 0 Å².